The first-order valence-corrected chi connectivity index (χ1v) is 8.60. The highest BCUT2D eigenvalue weighted by atomic mass is 16.5. The van der Waals surface area contributed by atoms with Gasteiger partial charge in [-0.3, -0.25) is 4.90 Å². The lowest BCUT2D eigenvalue weighted by Crippen LogP contribution is -2.38. The monoisotopic (exact) mass is 300 g/mol. The summed E-state index contributed by atoms with van der Waals surface area (Å²) < 4.78 is 11.1. The number of aliphatic hydroxyl groups is 1. The van der Waals surface area contributed by atoms with Gasteiger partial charge in [0, 0.05) is 32.8 Å². The number of ether oxygens (including phenoxy) is 2. The van der Waals surface area contributed by atoms with Crippen LogP contribution in [0.5, 0.6) is 0 Å². The van der Waals surface area contributed by atoms with Gasteiger partial charge in [0.1, 0.15) is 0 Å². The van der Waals surface area contributed by atoms with Crippen molar-refractivity contribution in [2.24, 2.45) is 0 Å². The molecule has 21 heavy (non-hydrogen) atoms. The summed E-state index contributed by atoms with van der Waals surface area (Å²) in [5.74, 6) is 0. The van der Waals surface area contributed by atoms with E-state index in [1.54, 1.807) is 0 Å². The molecular formula is C16H32N2O3. The van der Waals surface area contributed by atoms with Gasteiger partial charge < -0.3 is 19.5 Å². The molecular weight excluding hydrogens is 268 g/mol. The Labute approximate surface area is 129 Å². The van der Waals surface area contributed by atoms with E-state index >= 15 is 0 Å². The molecule has 2 heterocycles. The van der Waals surface area contributed by atoms with Crippen molar-refractivity contribution in [3.8, 4) is 0 Å². The van der Waals surface area contributed by atoms with Gasteiger partial charge in [-0.05, 0) is 45.3 Å². The fraction of sp³-hybridized carbons (Fsp3) is 1.00. The van der Waals surface area contributed by atoms with Gasteiger partial charge in [0.2, 0.25) is 0 Å². The Morgan fingerprint density at radius 1 is 1.14 bits per heavy atom. The van der Waals surface area contributed by atoms with Gasteiger partial charge in [0.25, 0.3) is 0 Å². The van der Waals surface area contributed by atoms with Crippen molar-refractivity contribution in [3.05, 3.63) is 0 Å². The van der Waals surface area contributed by atoms with E-state index in [4.69, 9.17) is 9.47 Å². The van der Waals surface area contributed by atoms with E-state index in [-0.39, 0.29) is 12.2 Å². The van der Waals surface area contributed by atoms with E-state index in [9.17, 15) is 5.11 Å². The Kier molecular flexibility index (Phi) is 7.96. The lowest BCUT2D eigenvalue weighted by Gasteiger charge is -2.26. The highest BCUT2D eigenvalue weighted by molar-refractivity contribution is 4.72. The Bertz CT molecular complexity index is 272. The first kappa shape index (κ1) is 17.2. The Morgan fingerprint density at radius 3 is 2.62 bits per heavy atom. The SMILES string of the molecule is CCCN1CCCN(CC(O)COC2CCOCC2)CC1. The van der Waals surface area contributed by atoms with Crippen molar-refractivity contribution >= 4 is 0 Å². The van der Waals surface area contributed by atoms with Crippen LogP contribution < -0.4 is 0 Å². The first-order valence-electron chi connectivity index (χ1n) is 8.60. The summed E-state index contributed by atoms with van der Waals surface area (Å²) in [4.78, 5) is 4.92. The number of rotatable bonds is 7. The Morgan fingerprint density at radius 2 is 1.86 bits per heavy atom. The van der Waals surface area contributed by atoms with Gasteiger partial charge in [0.05, 0.1) is 18.8 Å². The highest BCUT2D eigenvalue weighted by Gasteiger charge is 2.19. The maximum Gasteiger partial charge on any atom is 0.0900 e. The number of β-amino-alcohol motifs (C(OH)–C–C–N with tert-alkyl or cyclic N) is 1. The topological polar surface area (TPSA) is 45.2 Å². The molecule has 0 aromatic heterocycles. The molecule has 1 atom stereocenters. The van der Waals surface area contributed by atoms with E-state index in [0.717, 1.165) is 52.2 Å². The van der Waals surface area contributed by atoms with Crippen LogP contribution in [-0.2, 0) is 9.47 Å². The molecule has 2 fully saturated rings. The molecule has 0 aromatic carbocycles. The third-order valence-electron chi connectivity index (χ3n) is 4.38. The van der Waals surface area contributed by atoms with Crippen LogP contribution in [0.3, 0.4) is 0 Å². The predicted molar refractivity (Wildman–Crippen MR) is 83.6 cm³/mol. The maximum atomic E-state index is 10.2. The van der Waals surface area contributed by atoms with Crippen molar-refractivity contribution in [1.82, 2.24) is 9.80 Å². The van der Waals surface area contributed by atoms with E-state index in [1.165, 1.54) is 25.9 Å². The van der Waals surface area contributed by atoms with E-state index in [0.29, 0.717) is 6.61 Å². The van der Waals surface area contributed by atoms with Gasteiger partial charge in [-0.15, -0.1) is 0 Å². The molecule has 2 aliphatic rings. The average Bonchev–Trinajstić information content (AvgIpc) is 2.72. The summed E-state index contributed by atoms with van der Waals surface area (Å²) in [6.07, 6.45) is 4.25. The molecule has 2 aliphatic heterocycles. The van der Waals surface area contributed by atoms with Crippen LogP contribution in [0.1, 0.15) is 32.6 Å². The fourth-order valence-electron chi connectivity index (χ4n) is 3.19. The van der Waals surface area contributed by atoms with Crippen molar-refractivity contribution < 1.29 is 14.6 Å². The highest BCUT2D eigenvalue weighted by Crippen LogP contribution is 2.11. The second-order valence-electron chi connectivity index (χ2n) is 6.29. The molecule has 0 radical (unpaired) electrons. The summed E-state index contributed by atoms with van der Waals surface area (Å²) in [7, 11) is 0. The molecule has 1 N–H and O–H groups in total. The van der Waals surface area contributed by atoms with Gasteiger partial charge in [-0.25, -0.2) is 0 Å². The van der Waals surface area contributed by atoms with Crippen LogP contribution in [0.2, 0.25) is 0 Å². The van der Waals surface area contributed by atoms with Crippen LogP contribution in [0, 0.1) is 0 Å². The predicted octanol–water partition coefficient (Wildman–Crippen LogP) is 0.961. The van der Waals surface area contributed by atoms with Crippen molar-refractivity contribution in [1.29, 1.82) is 0 Å². The molecule has 0 spiro atoms. The van der Waals surface area contributed by atoms with Crippen LogP contribution in [0.4, 0.5) is 0 Å². The molecule has 2 saturated heterocycles. The van der Waals surface area contributed by atoms with Crippen LogP contribution >= 0.6 is 0 Å². The molecule has 0 saturated carbocycles. The lowest BCUT2D eigenvalue weighted by atomic mass is 10.1. The minimum absolute atomic E-state index is 0.276. The van der Waals surface area contributed by atoms with Gasteiger partial charge in [-0.1, -0.05) is 6.92 Å². The van der Waals surface area contributed by atoms with Crippen molar-refractivity contribution in [2.45, 2.75) is 44.8 Å². The summed E-state index contributed by atoms with van der Waals surface area (Å²) >= 11 is 0. The Hall–Kier alpha value is -0.200. The molecule has 0 aromatic rings. The molecule has 0 amide bonds. The van der Waals surface area contributed by atoms with Crippen molar-refractivity contribution in [2.75, 3.05) is 59.1 Å². The smallest absolute Gasteiger partial charge is 0.0900 e. The molecule has 5 nitrogen and oxygen atoms in total. The average molecular weight is 300 g/mol. The quantitative estimate of drug-likeness (QED) is 0.759. The zero-order valence-electron chi connectivity index (χ0n) is 13.5. The second-order valence-corrected chi connectivity index (χ2v) is 6.29. The molecule has 5 heteroatoms. The fourth-order valence-corrected chi connectivity index (χ4v) is 3.19. The van der Waals surface area contributed by atoms with Crippen molar-refractivity contribution in [3.63, 3.8) is 0 Å². The Balaban J connectivity index is 1.61. The zero-order chi connectivity index (χ0) is 14.9. The minimum Gasteiger partial charge on any atom is -0.389 e. The number of nitrogens with zero attached hydrogens (tertiary/aromatic N) is 2. The summed E-state index contributed by atoms with van der Waals surface area (Å²) in [6, 6.07) is 0. The normalized spacial score (nSPS) is 24.9. The third kappa shape index (κ3) is 6.61. The van der Waals surface area contributed by atoms with E-state index in [2.05, 4.69) is 16.7 Å². The van der Waals surface area contributed by atoms with Gasteiger partial charge in [0.15, 0.2) is 0 Å². The van der Waals surface area contributed by atoms with Crippen LogP contribution in [0.25, 0.3) is 0 Å². The number of hydrogen-bond donors (Lipinski definition) is 1. The molecule has 0 bridgehead atoms. The van der Waals surface area contributed by atoms with Crippen LogP contribution in [0.15, 0.2) is 0 Å². The van der Waals surface area contributed by atoms with Crippen LogP contribution in [-0.4, -0.2) is 86.2 Å². The molecule has 1 unspecified atom stereocenters. The molecule has 0 aliphatic carbocycles. The van der Waals surface area contributed by atoms with E-state index in [1.807, 2.05) is 0 Å². The van der Waals surface area contributed by atoms with Gasteiger partial charge >= 0.3 is 0 Å². The molecule has 2 rings (SSSR count). The standard InChI is InChI=1S/C16H32N2O3/c1-2-6-17-7-3-8-18(10-9-17)13-15(19)14-21-16-4-11-20-12-5-16/h15-16,19H,2-14H2,1H3. The zero-order valence-corrected chi connectivity index (χ0v) is 13.5. The number of hydrogen-bond acceptors (Lipinski definition) is 5. The largest absolute Gasteiger partial charge is 0.389 e. The third-order valence-corrected chi connectivity index (χ3v) is 4.38. The second kappa shape index (κ2) is 9.74. The lowest BCUT2D eigenvalue weighted by molar-refractivity contribution is -0.0639. The van der Waals surface area contributed by atoms with Gasteiger partial charge in [-0.2, -0.15) is 0 Å². The minimum atomic E-state index is -0.370. The summed E-state index contributed by atoms with van der Waals surface area (Å²) in [5.41, 5.74) is 0. The van der Waals surface area contributed by atoms with E-state index < -0.39 is 0 Å². The summed E-state index contributed by atoms with van der Waals surface area (Å²) in [6.45, 7) is 10.7. The summed E-state index contributed by atoms with van der Waals surface area (Å²) in [5, 5.41) is 10.2. The maximum absolute atomic E-state index is 10.2. The first-order chi connectivity index (χ1) is 10.3. The molecule has 124 valence electrons. The number of aliphatic hydroxyl groups excluding tert-OH is 1.